The molecule has 1 aromatic heterocycles. The molecule has 0 radical (unpaired) electrons. The van der Waals surface area contributed by atoms with Crippen LogP contribution in [-0.2, 0) is 0 Å². The summed E-state index contributed by atoms with van der Waals surface area (Å²) in [6.07, 6.45) is 1.48. The van der Waals surface area contributed by atoms with Crippen molar-refractivity contribution in [1.29, 1.82) is 0 Å². The summed E-state index contributed by atoms with van der Waals surface area (Å²) < 4.78 is 0. The molecule has 0 unspecified atom stereocenters. The first-order valence-corrected chi connectivity index (χ1v) is 6.49. The summed E-state index contributed by atoms with van der Waals surface area (Å²) in [6.45, 7) is 6.10. The molecule has 5 nitrogen and oxygen atoms in total. The minimum atomic E-state index is -0.635. The zero-order valence-electron chi connectivity index (χ0n) is 11.7. The van der Waals surface area contributed by atoms with Crippen LogP contribution in [0.2, 0.25) is 5.02 Å². The molecule has 0 atom stereocenters. The third-order valence-electron chi connectivity index (χ3n) is 3.03. The summed E-state index contributed by atoms with van der Waals surface area (Å²) in [4.78, 5) is 17.9. The van der Waals surface area contributed by atoms with Crippen molar-refractivity contribution in [3.05, 3.63) is 22.8 Å². The molecule has 0 aliphatic carbocycles. The van der Waals surface area contributed by atoms with Crippen LogP contribution < -0.4 is 5.32 Å². The number of aliphatic hydroxyl groups is 1. The van der Waals surface area contributed by atoms with E-state index in [0.29, 0.717) is 22.9 Å². The van der Waals surface area contributed by atoms with E-state index < -0.39 is 5.54 Å². The van der Waals surface area contributed by atoms with Crippen molar-refractivity contribution in [3.8, 4) is 0 Å². The predicted octanol–water partition coefficient (Wildman–Crippen LogP) is 2.01. The number of nitrogens with one attached hydrogen (secondary N) is 1. The van der Waals surface area contributed by atoms with Gasteiger partial charge in [0.05, 0.1) is 22.7 Å². The molecule has 1 rings (SSSR count). The number of pyridine rings is 1. The molecule has 0 saturated heterocycles. The third-order valence-corrected chi connectivity index (χ3v) is 3.32. The normalized spacial score (nSPS) is 11.3. The highest BCUT2D eigenvalue weighted by Crippen LogP contribution is 2.22. The van der Waals surface area contributed by atoms with E-state index >= 15 is 0 Å². The van der Waals surface area contributed by atoms with Crippen LogP contribution in [0.1, 0.15) is 31.1 Å². The van der Waals surface area contributed by atoms with E-state index in [1.54, 1.807) is 27.0 Å². The Labute approximate surface area is 118 Å². The summed E-state index contributed by atoms with van der Waals surface area (Å²) in [5, 5.41) is 12.7. The summed E-state index contributed by atoms with van der Waals surface area (Å²) >= 11 is 6.06. The number of hydrogen-bond acceptors (Lipinski definition) is 4. The van der Waals surface area contributed by atoms with Gasteiger partial charge in [-0.25, -0.2) is 4.98 Å². The number of nitrogens with zero attached hydrogens (tertiary/aromatic N) is 2. The average molecular weight is 286 g/mol. The molecule has 6 heteroatoms. The zero-order chi connectivity index (χ0) is 14.6. The molecule has 0 fully saturated rings. The average Bonchev–Trinajstić information content (AvgIpc) is 2.39. The Bertz CT molecular complexity index is 463. The van der Waals surface area contributed by atoms with Gasteiger partial charge in [0.1, 0.15) is 5.82 Å². The smallest absolute Gasteiger partial charge is 0.255 e. The Kier molecular flexibility index (Phi) is 5.14. The fraction of sp³-hybridized carbons (Fsp3) is 0.538. The fourth-order valence-corrected chi connectivity index (χ4v) is 1.66. The molecular weight excluding hydrogens is 266 g/mol. The summed E-state index contributed by atoms with van der Waals surface area (Å²) in [5.41, 5.74) is -0.236. The molecule has 1 amide bonds. The fourth-order valence-electron chi connectivity index (χ4n) is 1.43. The summed E-state index contributed by atoms with van der Waals surface area (Å²) in [5.74, 6) is 0.335. The molecule has 19 heavy (non-hydrogen) atoms. The van der Waals surface area contributed by atoms with Crippen LogP contribution in [0.25, 0.3) is 0 Å². The largest absolute Gasteiger partial charge is 0.394 e. The Balaban J connectivity index is 2.98. The topological polar surface area (TPSA) is 65.5 Å². The van der Waals surface area contributed by atoms with Crippen molar-refractivity contribution in [1.82, 2.24) is 9.88 Å². The molecule has 0 aliphatic rings. The quantitative estimate of drug-likeness (QED) is 0.868. The first-order chi connectivity index (χ1) is 8.83. The van der Waals surface area contributed by atoms with E-state index in [-0.39, 0.29) is 12.5 Å². The molecule has 0 aliphatic heterocycles. The first kappa shape index (κ1) is 15.7. The van der Waals surface area contributed by atoms with Crippen molar-refractivity contribution in [2.24, 2.45) is 0 Å². The van der Waals surface area contributed by atoms with Crippen molar-refractivity contribution in [2.45, 2.75) is 26.3 Å². The van der Waals surface area contributed by atoms with Gasteiger partial charge in [0, 0.05) is 19.8 Å². The molecule has 0 aromatic carbocycles. The third kappa shape index (κ3) is 3.58. The van der Waals surface area contributed by atoms with Gasteiger partial charge in [0.25, 0.3) is 5.91 Å². The van der Waals surface area contributed by atoms with Crippen molar-refractivity contribution in [3.63, 3.8) is 0 Å². The number of amides is 1. The number of carbonyl (C=O) groups excluding carboxylic acids is 1. The maximum atomic E-state index is 12.3. The minimum absolute atomic E-state index is 0.119. The molecule has 0 saturated carbocycles. The number of hydrogen-bond donors (Lipinski definition) is 2. The summed E-state index contributed by atoms with van der Waals surface area (Å²) in [7, 11) is 1.64. The van der Waals surface area contributed by atoms with Crippen molar-refractivity contribution in [2.75, 3.05) is 25.5 Å². The highest BCUT2D eigenvalue weighted by atomic mass is 35.5. The second-order valence-corrected chi connectivity index (χ2v) is 5.33. The van der Waals surface area contributed by atoms with E-state index in [4.69, 9.17) is 11.6 Å². The van der Waals surface area contributed by atoms with E-state index in [2.05, 4.69) is 10.3 Å². The maximum absolute atomic E-state index is 12.3. The highest BCUT2D eigenvalue weighted by Gasteiger charge is 2.28. The molecule has 1 aromatic rings. The Morgan fingerprint density at radius 2 is 2.21 bits per heavy atom. The number of likely N-dealkylation sites (N-methyl/N-ethyl adjacent to an activating group) is 1. The number of aliphatic hydroxyl groups excluding tert-OH is 1. The Morgan fingerprint density at radius 3 is 2.68 bits per heavy atom. The molecule has 2 N–H and O–H groups in total. The van der Waals surface area contributed by atoms with Crippen LogP contribution in [0, 0.1) is 0 Å². The van der Waals surface area contributed by atoms with Gasteiger partial charge in [0.2, 0.25) is 0 Å². The second kappa shape index (κ2) is 6.21. The van der Waals surface area contributed by atoms with Crippen LogP contribution in [0.5, 0.6) is 0 Å². The van der Waals surface area contributed by atoms with Gasteiger partial charge in [-0.1, -0.05) is 11.6 Å². The number of halogens is 1. The number of carbonyl (C=O) groups is 1. The van der Waals surface area contributed by atoms with Crippen LogP contribution in [0.3, 0.4) is 0 Å². The van der Waals surface area contributed by atoms with Gasteiger partial charge in [-0.3, -0.25) is 4.79 Å². The highest BCUT2D eigenvalue weighted by molar-refractivity contribution is 6.33. The van der Waals surface area contributed by atoms with Gasteiger partial charge in [-0.05, 0) is 26.8 Å². The Morgan fingerprint density at radius 1 is 1.58 bits per heavy atom. The van der Waals surface area contributed by atoms with Gasteiger partial charge >= 0.3 is 0 Å². The predicted molar refractivity (Wildman–Crippen MR) is 76.7 cm³/mol. The van der Waals surface area contributed by atoms with Crippen molar-refractivity contribution < 1.29 is 9.90 Å². The SMILES string of the molecule is CCNc1ncc(C(=O)N(C)C(C)(C)CO)cc1Cl. The van der Waals surface area contributed by atoms with Crippen LogP contribution in [-0.4, -0.2) is 46.6 Å². The number of rotatable bonds is 5. The summed E-state index contributed by atoms with van der Waals surface area (Å²) in [6, 6.07) is 1.58. The lowest BCUT2D eigenvalue weighted by molar-refractivity contribution is 0.0473. The second-order valence-electron chi connectivity index (χ2n) is 4.92. The number of anilines is 1. The van der Waals surface area contributed by atoms with Gasteiger partial charge in [0.15, 0.2) is 0 Å². The Hall–Kier alpha value is -1.33. The molecule has 1 heterocycles. The van der Waals surface area contributed by atoms with Crippen molar-refractivity contribution >= 4 is 23.3 Å². The minimum Gasteiger partial charge on any atom is -0.394 e. The lowest BCUT2D eigenvalue weighted by atomic mass is 10.0. The maximum Gasteiger partial charge on any atom is 0.255 e. The molecule has 0 spiro atoms. The van der Waals surface area contributed by atoms with Crippen LogP contribution >= 0.6 is 11.6 Å². The van der Waals surface area contributed by atoms with Gasteiger partial charge in [-0.2, -0.15) is 0 Å². The zero-order valence-corrected chi connectivity index (χ0v) is 12.5. The van der Waals surface area contributed by atoms with Gasteiger partial charge < -0.3 is 15.3 Å². The lowest BCUT2D eigenvalue weighted by Gasteiger charge is -2.33. The first-order valence-electron chi connectivity index (χ1n) is 6.12. The molecule has 0 bridgehead atoms. The van der Waals surface area contributed by atoms with E-state index in [0.717, 1.165) is 0 Å². The standard InChI is InChI=1S/C13H20ClN3O2/c1-5-15-11-10(14)6-9(7-16-11)12(19)17(4)13(2,3)8-18/h6-7,18H,5,8H2,1-4H3,(H,15,16). The van der Waals surface area contributed by atoms with Crippen LogP contribution in [0.4, 0.5) is 5.82 Å². The molecular formula is C13H20ClN3O2. The van der Waals surface area contributed by atoms with Crippen LogP contribution in [0.15, 0.2) is 12.3 Å². The number of aromatic nitrogens is 1. The van der Waals surface area contributed by atoms with E-state index in [9.17, 15) is 9.90 Å². The van der Waals surface area contributed by atoms with Gasteiger partial charge in [-0.15, -0.1) is 0 Å². The lowest BCUT2D eigenvalue weighted by Crippen LogP contribution is -2.47. The molecule has 106 valence electrons. The van der Waals surface area contributed by atoms with E-state index in [1.807, 2.05) is 6.92 Å². The van der Waals surface area contributed by atoms with E-state index in [1.165, 1.54) is 11.1 Å². The monoisotopic (exact) mass is 285 g/mol.